The van der Waals surface area contributed by atoms with Gasteiger partial charge in [0.05, 0.1) is 20.8 Å². The van der Waals surface area contributed by atoms with Crippen molar-refractivity contribution in [3.8, 4) is 5.75 Å². The summed E-state index contributed by atoms with van der Waals surface area (Å²) in [7, 11) is 3.04. The summed E-state index contributed by atoms with van der Waals surface area (Å²) < 4.78 is 15.7. The minimum Gasteiger partial charge on any atom is -0.497 e. The zero-order chi connectivity index (χ0) is 17.1. The van der Waals surface area contributed by atoms with Gasteiger partial charge in [0.25, 0.3) is 0 Å². The van der Waals surface area contributed by atoms with E-state index in [-0.39, 0.29) is 0 Å². The number of carbonyl (C=O) groups is 1. The Morgan fingerprint density at radius 3 is 2.50 bits per heavy atom. The third-order valence-electron chi connectivity index (χ3n) is 4.31. The zero-order valence-electron chi connectivity index (χ0n) is 14.4. The molecule has 1 saturated carbocycles. The van der Waals surface area contributed by atoms with Crippen LogP contribution in [0.25, 0.3) is 0 Å². The van der Waals surface area contributed by atoms with Gasteiger partial charge >= 0.3 is 5.97 Å². The Hall–Kier alpha value is -2.27. The van der Waals surface area contributed by atoms with Gasteiger partial charge in [0.1, 0.15) is 11.5 Å². The Morgan fingerprint density at radius 2 is 1.92 bits per heavy atom. The highest BCUT2D eigenvalue weighted by Crippen LogP contribution is 2.31. The molecule has 1 fully saturated rings. The van der Waals surface area contributed by atoms with E-state index in [1.165, 1.54) is 25.5 Å². The van der Waals surface area contributed by atoms with Crippen LogP contribution in [0.4, 0.5) is 0 Å². The van der Waals surface area contributed by atoms with Crippen molar-refractivity contribution in [3.05, 3.63) is 53.0 Å². The lowest BCUT2D eigenvalue weighted by atomic mass is 10.2. The highest BCUT2D eigenvalue weighted by atomic mass is 16.5. The van der Waals surface area contributed by atoms with Gasteiger partial charge in [0.15, 0.2) is 0 Å². The van der Waals surface area contributed by atoms with E-state index in [0.717, 1.165) is 23.6 Å². The summed E-state index contributed by atoms with van der Waals surface area (Å²) in [6.07, 6.45) is 2.42. The molecule has 0 N–H and O–H groups in total. The van der Waals surface area contributed by atoms with E-state index in [9.17, 15) is 4.79 Å². The lowest BCUT2D eigenvalue weighted by Gasteiger charge is -2.21. The first kappa shape index (κ1) is 16.6. The highest BCUT2D eigenvalue weighted by Gasteiger charge is 2.30. The number of aryl methyl sites for hydroxylation is 1. The number of esters is 1. The predicted octanol–water partition coefficient (Wildman–Crippen LogP) is 3.55. The average molecular weight is 329 g/mol. The molecule has 0 bridgehead atoms. The summed E-state index contributed by atoms with van der Waals surface area (Å²) >= 11 is 0. The molecule has 24 heavy (non-hydrogen) atoms. The minimum absolute atomic E-state index is 0.299. The first-order valence-corrected chi connectivity index (χ1v) is 8.15. The number of hydrogen-bond acceptors (Lipinski definition) is 5. The summed E-state index contributed by atoms with van der Waals surface area (Å²) in [4.78, 5) is 14.1. The number of benzene rings is 1. The fraction of sp³-hybridized carbons (Fsp3) is 0.421. The molecule has 1 aliphatic carbocycles. The van der Waals surface area contributed by atoms with Gasteiger partial charge in [-0.2, -0.15) is 0 Å². The Labute approximate surface area is 142 Å². The van der Waals surface area contributed by atoms with Crippen LogP contribution in [0.15, 0.2) is 34.7 Å². The summed E-state index contributed by atoms with van der Waals surface area (Å²) in [6, 6.07) is 10.6. The van der Waals surface area contributed by atoms with Crippen molar-refractivity contribution in [1.29, 1.82) is 0 Å². The van der Waals surface area contributed by atoms with E-state index in [0.29, 0.717) is 18.3 Å². The molecule has 1 aromatic carbocycles. The summed E-state index contributed by atoms with van der Waals surface area (Å²) in [5, 5.41) is 0. The quantitative estimate of drug-likeness (QED) is 0.727. The van der Waals surface area contributed by atoms with Crippen LogP contribution in [0.2, 0.25) is 0 Å². The molecule has 1 aromatic heterocycles. The Bertz CT molecular complexity index is 701. The third-order valence-corrected chi connectivity index (χ3v) is 4.31. The lowest BCUT2D eigenvalue weighted by Crippen LogP contribution is -2.24. The largest absolute Gasteiger partial charge is 0.497 e. The maximum absolute atomic E-state index is 11.7. The Morgan fingerprint density at radius 1 is 1.21 bits per heavy atom. The fourth-order valence-corrected chi connectivity index (χ4v) is 2.84. The van der Waals surface area contributed by atoms with Gasteiger partial charge in [0.2, 0.25) is 5.76 Å². The van der Waals surface area contributed by atoms with Crippen molar-refractivity contribution < 1.29 is 18.7 Å². The van der Waals surface area contributed by atoms with Crippen LogP contribution in [0.5, 0.6) is 5.75 Å². The maximum Gasteiger partial charge on any atom is 0.374 e. The summed E-state index contributed by atoms with van der Waals surface area (Å²) in [5.74, 6) is 1.54. The van der Waals surface area contributed by atoms with Crippen molar-refractivity contribution in [2.75, 3.05) is 14.2 Å². The van der Waals surface area contributed by atoms with Gasteiger partial charge in [0, 0.05) is 18.2 Å². The Balaban J connectivity index is 1.71. The van der Waals surface area contributed by atoms with Crippen LogP contribution in [0.1, 0.15) is 40.3 Å². The number of furan rings is 1. The van der Waals surface area contributed by atoms with Crippen molar-refractivity contribution in [1.82, 2.24) is 4.90 Å². The molecule has 5 heteroatoms. The normalized spacial score (nSPS) is 14.0. The number of ether oxygens (including phenoxy) is 2. The molecule has 2 aromatic rings. The van der Waals surface area contributed by atoms with Crippen LogP contribution in [0, 0.1) is 6.92 Å². The maximum atomic E-state index is 11.7. The topological polar surface area (TPSA) is 51.9 Å². The highest BCUT2D eigenvalue weighted by molar-refractivity contribution is 5.87. The van der Waals surface area contributed by atoms with Gasteiger partial charge in [-0.1, -0.05) is 12.1 Å². The van der Waals surface area contributed by atoms with Crippen LogP contribution in [-0.4, -0.2) is 31.1 Å². The molecule has 1 heterocycles. The molecule has 0 amide bonds. The smallest absolute Gasteiger partial charge is 0.374 e. The standard InChI is InChI=1S/C19H23NO4/c1-13-10-17(24-18(13)19(21)23-3)12-20(15-6-7-15)11-14-4-8-16(22-2)9-5-14/h4-5,8-10,15H,6-7,11-12H2,1-3H3. The van der Waals surface area contributed by atoms with Gasteiger partial charge in [-0.3, -0.25) is 4.90 Å². The van der Waals surface area contributed by atoms with Gasteiger partial charge in [-0.15, -0.1) is 0 Å². The van der Waals surface area contributed by atoms with Crippen molar-refractivity contribution in [2.24, 2.45) is 0 Å². The second-order valence-electron chi connectivity index (χ2n) is 6.20. The van der Waals surface area contributed by atoms with Crippen LogP contribution in [0.3, 0.4) is 0 Å². The first-order chi connectivity index (χ1) is 11.6. The number of methoxy groups -OCH3 is 2. The molecule has 0 atom stereocenters. The molecule has 0 unspecified atom stereocenters. The monoisotopic (exact) mass is 329 g/mol. The molecular weight excluding hydrogens is 306 g/mol. The zero-order valence-corrected chi connectivity index (χ0v) is 14.4. The molecule has 3 rings (SSSR count). The van der Waals surface area contributed by atoms with E-state index in [1.54, 1.807) is 7.11 Å². The summed E-state index contributed by atoms with van der Waals surface area (Å²) in [6.45, 7) is 3.40. The molecule has 5 nitrogen and oxygen atoms in total. The average Bonchev–Trinajstić information content (AvgIpc) is 3.38. The minimum atomic E-state index is -0.424. The van der Waals surface area contributed by atoms with Gasteiger partial charge < -0.3 is 13.9 Å². The van der Waals surface area contributed by atoms with Crippen molar-refractivity contribution in [2.45, 2.75) is 38.9 Å². The SMILES string of the molecule is COC(=O)c1oc(CN(Cc2ccc(OC)cc2)C2CC2)cc1C. The number of carbonyl (C=O) groups excluding carboxylic acids is 1. The van der Waals surface area contributed by atoms with Gasteiger partial charge in [-0.25, -0.2) is 4.79 Å². The predicted molar refractivity (Wildman–Crippen MR) is 90.0 cm³/mol. The molecular formula is C19H23NO4. The molecule has 0 saturated heterocycles. The van der Waals surface area contributed by atoms with Crippen molar-refractivity contribution >= 4 is 5.97 Å². The fourth-order valence-electron chi connectivity index (χ4n) is 2.84. The lowest BCUT2D eigenvalue weighted by molar-refractivity contribution is 0.0559. The van der Waals surface area contributed by atoms with E-state index < -0.39 is 5.97 Å². The Kier molecular flexibility index (Phi) is 4.90. The van der Waals surface area contributed by atoms with Crippen molar-refractivity contribution in [3.63, 3.8) is 0 Å². The van der Waals surface area contributed by atoms with Crippen LogP contribution >= 0.6 is 0 Å². The van der Waals surface area contributed by atoms with Crippen LogP contribution < -0.4 is 4.74 Å². The first-order valence-electron chi connectivity index (χ1n) is 8.15. The van der Waals surface area contributed by atoms with E-state index >= 15 is 0 Å². The van der Waals surface area contributed by atoms with Gasteiger partial charge in [-0.05, 0) is 43.5 Å². The number of rotatable bonds is 7. The number of hydrogen-bond donors (Lipinski definition) is 0. The molecule has 128 valence electrons. The second-order valence-corrected chi connectivity index (χ2v) is 6.20. The molecule has 0 radical (unpaired) electrons. The van der Waals surface area contributed by atoms with E-state index in [4.69, 9.17) is 13.9 Å². The summed E-state index contributed by atoms with van der Waals surface area (Å²) in [5.41, 5.74) is 2.05. The van der Waals surface area contributed by atoms with Crippen LogP contribution in [-0.2, 0) is 17.8 Å². The van der Waals surface area contributed by atoms with E-state index in [2.05, 4.69) is 17.0 Å². The molecule has 0 aliphatic heterocycles. The van der Waals surface area contributed by atoms with E-state index in [1.807, 2.05) is 25.1 Å². The number of nitrogens with zero attached hydrogens (tertiary/aromatic N) is 1. The molecule has 1 aliphatic rings. The second kappa shape index (κ2) is 7.09. The third kappa shape index (κ3) is 3.79. The molecule has 0 spiro atoms.